The van der Waals surface area contributed by atoms with Crippen molar-refractivity contribution < 1.29 is 17.6 Å². The van der Waals surface area contributed by atoms with Gasteiger partial charge in [-0.05, 0) is 48.4 Å². The van der Waals surface area contributed by atoms with Crippen molar-refractivity contribution in [2.75, 3.05) is 29.5 Å². The molecule has 8 heteroatoms. The Morgan fingerprint density at radius 1 is 1.00 bits per heavy atom. The Kier molecular flexibility index (Phi) is 5.28. The largest absolute Gasteiger partial charge is 0.306 e. The van der Waals surface area contributed by atoms with E-state index in [0.29, 0.717) is 13.0 Å². The number of fused-ring (bicyclic) bond motifs is 1. The Bertz CT molecular complexity index is 980. The number of benzene rings is 2. The van der Waals surface area contributed by atoms with Crippen molar-refractivity contribution in [1.29, 1.82) is 0 Å². The second-order valence-corrected chi connectivity index (χ2v) is 10.4. The van der Waals surface area contributed by atoms with E-state index >= 15 is 0 Å². The number of amides is 1. The maximum absolute atomic E-state index is 13.1. The van der Waals surface area contributed by atoms with Gasteiger partial charge in [0.15, 0.2) is 9.84 Å². The minimum absolute atomic E-state index is 0.0213. The minimum atomic E-state index is -3.22. The molecular formula is C20H20BrFN2O3S. The van der Waals surface area contributed by atoms with Crippen LogP contribution in [-0.4, -0.2) is 55.9 Å². The van der Waals surface area contributed by atoms with E-state index in [4.69, 9.17) is 0 Å². The van der Waals surface area contributed by atoms with Gasteiger partial charge in [0.2, 0.25) is 5.91 Å². The molecule has 2 aromatic carbocycles. The number of anilines is 1. The monoisotopic (exact) mass is 466 g/mol. The topological polar surface area (TPSA) is 57.7 Å². The van der Waals surface area contributed by atoms with Gasteiger partial charge in [0, 0.05) is 22.7 Å². The van der Waals surface area contributed by atoms with Crippen LogP contribution < -0.4 is 4.90 Å². The molecule has 0 bridgehead atoms. The van der Waals surface area contributed by atoms with Gasteiger partial charge in [-0.15, -0.1) is 0 Å². The van der Waals surface area contributed by atoms with Gasteiger partial charge in [-0.3, -0.25) is 9.69 Å². The smallest absolute Gasteiger partial charge is 0.241 e. The van der Waals surface area contributed by atoms with Crippen molar-refractivity contribution in [3.05, 3.63) is 64.4 Å². The van der Waals surface area contributed by atoms with Gasteiger partial charge in [0.25, 0.3) is 0 Å². The fourth-order valence-electron chi connectivity index (χ4n) is 4.06. The molecule has 28 heavy (non-hydrogen) atoms. The summed E-state index contributed by atoms with van der Waals surface area (Å²) in [5.74, 6) is -0.350. The van der Waals surface area contributed by atoms with Crippen LogP contribution in [0.3, 0.4) is 0 Å². The quantitative estimate of drug-likeness (QED) is 0.694. The predicted octanol–water partition coefficient (Wildman–Crippen LogP) is 2.65. The molecule has 0 spiro atoms. The summed E-state index contributed by atoms with van der Waals surface area (Å²) in [6, 6.07) is 13.0. The first-order valence-corrected chi connectivity index (χ1v) is 11.7. The van der Waals surface area contributed by atoms with Crippen molar-refractivity contribution in [1.82, 2.24) is 4.90 Å². The summed E-state index contributed by atoms with van der Waals surface area (Å²) in [5, 5.41) is 0. The van der Waals surface area contributed by atoms with Crippen molar-refractivity contribution in [2.45, 2.75) is 18.5 Å². The van der Waals surface area contributed by atoms with Gasteiger partial charge in [-0.2, -0.15) is 0 Å². The van der Waals surface area contributed by atoms with Crippen LogP contribution >= 0.6 is 15.9 Å². The van der Waals surface area contributed by atoms with E-state index in [1.165, 1.54) is 12.1 Å². The first-order chi connectivity index (χ1) is 13.3. The van der Waals surface area contributed by atoms with Crippen LogP contribution in [-0.2, 0) is 21.1 Å². The lowest BCUT2D eigenvalue weighted by Crippen LogP contribution is -2.62. The summed E-state index contributed by atoms with van der Waals surface area (Å²) >= 11 is 3.38. The SMILES string of the molecule is O=C1CN(CCc2ccc(F)cc2)C2CS(=O)(=O)CC2N1c1ccc(Br)cc1. The molecule has 0 aromatic heterocycles. The molecule has 2 aromatic rings. The number of piperazine rings is 1. The Labute approximate surface area is 172 Å². The number of carbonyl (C=O) groups is 1. The van der Waals surface area contributed by atoms with E-state index in [9.17, 15) is 17.6 Å². The summed E-state index contributed by atoms with van der Waals surface area (Å²) in [4.78, 5) is 16.5. The van der Waals surface area contributed by atoms with E-state index < -0.39 is 9.84 Å². The molecule has 2 unspecified atom stereocenters. The van der Waals surface area contributed by atoms with E-state index in [1.54, 1.807) is 17.0 Å². The van der Waals surface area contributed by atoms with Crippen LogP contribution in [0.1, 0.15) is 5.56 Å². The lowest BCUT2D eigenvalue weighted by molar-refractivity contribution is -0.123. The third-order valence-electron chi connectivity index (χ3n) is 5.41. The molecule has 5 nitrogen and oxygen atoms in total. The summed E-state index contributed by atoms with van der Waals surface area (Å²) in [7, 11) is -3.22. The average Bonchev–Trinajstić information content (AvgIpc) is 2.97. The molecule has 1 amide bonds. The van der Waals surface area contributed by atoms with Crippen molar-refractivity contribution >= 4 is 37.4 Å². The number of sulfone groups is 1. The number of halogens is 2. The van der Waals surface area contributed by atoms with E-state index in [-0.39, 0.29) is 41.9 Å². The van der Waals surface area contributed by atoms with Crippen LogP contribution in [0.4, 0.5) is 10.1 Å². The number of hydrogen-bond acceptors (Lipinski definition) is 4. The third-order valence-corrected chi connectivity index (χ3v) is 7.63. The highest BCUT2D eigenvalue weighted by Gasteiger charge is 2.49. The molecule has 0 radical (unpaired) electrons. The van der Waals surface area contributed by atoms with Crippen molar-refractivity contribution in [2.24, 2.45) is 0 Å². The zero-order valence-electron chi connectivity index (χ0n) is 15.1. The first-order valence-electron chi connectivity index (χ1n) is 9.09. The maximum Gasteiger partial charge on any atom is 0.241 e. The lowest BCUT2D eigenvalue weighted by Gasteiger charge is -2.43. The molecule has 2 aliphatic rings. The Morgan fingerprint density at radius 2 is 1.64 bits per heavy atom. The fourth-order valence-corrected chi connectivity index (χ4v) is 6.31. The molecule has 2 aliphatic heterocycles. The standard InChI is InChI=1S/C20H20BrFN2O3S/c21-15-3-7-17(8-4-15)24-19-13-28(26,27)12-18(19)23(11-20(24)25)10-9-14-1-5-16(22)6-2-14/h1-8,18-19H,9-13H2. The summed E-state index contributed by atoms with van der Waals surface area (Å²) in [6.45, 7) is 0.732. The Morgan fingerprint density at radius 3 is 2.32 bits per heavy atom. The van der Waals surface area contributed by atoms with Gasteiger partial charge in [0.1, 0.15) is 5.82 Å². The average molecular weight is 467 g/mol. The highest BCUT2D eigenvalue weighted by molar-refractivity contribution is 9.10. The van der Waals surface area contributed by atoms with E-state index in [2.05, 4.69) is 15.9 Å². The predicted molar refractivity (Wildman–Crippen MR) is 110 cm³/mol. The van der Waals surface area contributed by atoms with Gasteiger partial charge in [0.05, 0.1) is 24.1 Å². The molecule has 2 saturated heterocycles. The van der Waals surface area contributed by atoms with Crippen molar-refractivity contribution in [3.63, 3.8) is 0 Å². The Balaban J connectivity index is 1.57. The fraction of sp³-hybridized carbons (Fsp3) is 0.350. The first kappa shape index (κ1) is 19.5. The molecule has 2 atom stereocenters. The van der Waals surface area contributed by atoms with Crippen LogP contribution in [0.5, 0.6) is 0 Å². The third kappa shape index (κ3) is 3.99. The molecule has 148 valence electrons. The molecule has 2 fully saturated rings. The molecular weight excluding hydrogens is 447 g/mol. The molecule has 4 rings (SSSR count). The van der Waals surface area contributed by atoms with Gasteiger partial charge >= 0.3 is 0 Å². The number of nitrogens with zero attached hydrogens (tertiary/aromatic N) is 2. The van der Waals surface area contributed by atoms with Gasteiger partial charge in [-0.1, -0.05) is 28.1 Å². The second-order valence-electron chi connectivity index (χ2n) is 7.30. The summed E-state index contributed by atoms with van der Waals surface area (Å²) in [5.41, 5.74) is 1.68. The highest BCUT2D eigenvalue weighted by atomic mass is 79.9. The molecule has 0 aliphatic carbocycles. The van der Waals surface area contributed by atoms with Gasteiger partial charge < -0.3 is 4.90 Å². The van der Waals surface area contributed by atoms with Crippen LogP contribution in [0.15, 0.2) is 53.0 Å². The van der Waals surface area contributed by atoms with E-state index in [0.717, 1.165) is 15.7 Å². The van der Waals surface area contributed by atoms with Gasteiger partial charge in [-0.25, -0.2) is 12.8 Å². The molecule has 0 saturated carbocycles. The normalized spacial score (nSPS) is 24.4. The Hall–Kier alpha value is -1.77. The van der Waals surface area contributed by atoms with Crippen LogP contribution in [0, 0.1) is 5.82 Å². The van der Waals surface area contributed by atoms with Crippen LogP contribution in [0.2, 0.25) is 0 Å². The van der Waals surface area contributed by atoms with Crippen molar-refractivity contribution in [3.8, 4) is 0 Å². The summed E-state index contributed by atoms with van der Waals surface area (Å²) in [6.07, 6.45) is 0.634. The van der Waals surface area contributed by atoms with Crippen LogP contribution in [0.25, 0.3) is 0 Å². The number of carbonyl (C=O) groups excluding carboxylic acids is 1. The summed E-state index contributed by atoms with van der Waals surface area (Å²) < 4.78 is 38.7. The maximum atomic E-state index is 13.1. The highest BCUT2D eigenvalue weighted by Crippen LogP contribution is 2.32. The zero-order valence-corrected chi connectivity index (χ0v) is 17.5. The number of rotatable bonds is 4. The molecule has 2 heterocycles. The lowest BCUT2D eigenvalue weighted by atomic mass is 10.0. The number of hydrogen-bond donors (Lipinski definition) is 0. The zero-order chi connectivity index (χ0) is 19.9. The second kappa shape index (κ2) is 7.57. The minimum Gasteiger partial charge on any atom is -0.306 e. The van der Waals surface area contributed by atoms with E-state index in [1.807, 2.05) is 29.2 Å². The molecule has 0 N–H and O–H groups in total.